The van der Waals surface area contributed by atoms with Crippen LogP contribution in [-0.4, -0.2) is 17.8 Å². The smallest absolute Gasteiger partial charge is 0.132 e. The van der Waals surface area contributed by atoms with Crippen molar-refractivity contribution >= 4 is 0 Å². The van der Waals surface area contributed by atoms with Crippen LogP contribution in [0.2, 0.25) is 0 Å². The Morgan fingerprint density at radius 2 is 1.80 bits per heavy atom. The van der Waals surface area contributed by atoms with Crippen LogP contribution in [0.4, 0.5) is 8.78 Å². The van der Waals surface area contributed by atoms with Crippen molar-refractivity contribution in [3.8, 4) is 0 Å². The van der Waals surface area contributed by atoms with Crippen molar-refractivity contribution in [2.75, 3.05) is 6.61 Å². The zero-order valence-electron chi connectivity index (χ0n) is 8.71. The largest absolute Gasteiger partial charge is 0.386 e. The van der Waals surface area contributed by atoms with E-state index in [1.807, 2.05) is 0 Å². The molecule has 0 heterocycles. The Labute approximate surface area is 87.5 Å². The van der Waals surface area contributed by atoms with Crippen LogP contribution < -0.4 is 0 Å². The van der Waals surface area contributed by atoms with E-state index in [0.717, 1.165) is 12.1 Å². The summed E-state index contributed by atoms with van der Waals surface area (Å²) in [6.45, 7) is 3.45. The van der Waals surface area contributed by atoms with Crippen LogP contribution in [0.25, 0.3) is 0 Å². The van der Waals surface area contributed by atoms with E-state index in [1.165, 1.54) is 6.07 Å². The molecule has 15 heavy (non-hydrogen) atoms. The van der Waals surface area contributed by atoms with Gasteiger partial charge in [-0.05, 0) is 26.0 Å². The van der Waals surface area contributed by atoms with Crippen LogP contribution in [0.5, 0.6) is 0 Å². The first kappa shape index (κ1) is 12.1. The molecular formula is C11H14F2O2. The lowest BCUT2D eigenvalue weighted by molar-refractivity contribution is 0.00216. The summed E-state index contributed by atoms with van der Waals surface area (Å²) >= 11 is 0. The molecule has 0 aliphatic heterocycles. The molecule has 0 saturated carbocycles. The van der Waals surface area contributed by atoms with Gasteiger partial charge in [-0.15, -0.1) is 0 Å². The molecule has 1 N–H and O–H groups in total. The number of rotatable bonds is 4. The Morgan fingerprint density at radius 3 is 2.27 bits per heavy atom. The van der Waals surface area contributed by atoms with Gasteiger partial charge in [0.15, 0.2) is 0 Å². The SMILES string of the molecule is CC(C)OCC(O)c1c(F)cccc1F. The summed E-state index contributed by atoms with van der Waals surface area (Å²) in [7, 11) is 0. The molecule has 0 aliphatic carbocycles. The van der Waals surface area contributed by atoms with E-state index in [2.05, 4.69) is 0 Å². The average molecular weight is 216 g/mol. The molecule has 0 aliphatic rings. The summed E-state index contributed by atoms with van der Waals surface area (Å²) in [4.78, 5) is 0. The van der Waals surface area contributed by atoms with Crippen molar-refractivity contribution in [1.82, 2.24) is 0 Å². The van der Waals surface area contributed by atoms with Gasteiger partial charge in [-0.2, -0.15) is 0 Å². The van der Waals surface area contributed by atoms with Gasteiger partial charge in [-0.3, -0.25) is 0 Å². The van der Waals surface area contributed by atoms with Crippen molar-refractivity contribution in [2.45, 2.75) is 26.1 Å². The lowest BCUT2D eigenvalue weighted by atomic mass is 10.1. The molecule has 1 rings (SSSR count). The normalized spacial score (nSPS) is 13.2. The van der Waals surface area contributed by atoms with Crippen molar-refractivity contribution in [2.24, 2.45) is 0 Å². The lowest BCUT2D eigenvalue weighted by Gasteiger charge is -2.14. The number of aliphatic hydroxyl groups is 1. The first-order chi connectivity index (χ1) is 7.02. The molecule has 1 atom stereocenters. The molecule has 0 spiro atoms. The van der Waals surface area contributed by atoms with Gasteiger partial charge in [-0.25, -0.2) is 8.78 Å². The molecule has 1 aromatic carbocycles. The number of halogens is 2. The average Bonchev–Trinajstić information content (AvgIpc) is 2.14. The molecule has 0 fully saturated rings. The van der Waals surface area contributed by atoms with Crippen LogP contribution in [0.1, 0.15) is 25.5 Å². The highest BCUT2D eigenvalue weighted by molar-refractivity contribution is 5.22. The monoisotopic (exact) mass is 216 g/mol. The topological polar surface area (TPSA) is 29.5 Å². The minimum atomic E-state index is -1.27. The first-order valence-corrected chi connectivity index (χ1v) is 4.76. The molecule has 84 valence electrons. The molecule has 1 unspecified atom stereocenters. The Morgan fingerprint density at radius 1 is 1.27 bits per heavy atom. The number of hydrogen-bond donors (Lipinski definition) is 1. The number of hydrogen-bond acceptors (Lipinski definition) is 2. The molecule has 0 bridgehead atoms. The Hall–Kier alpha value is -1.00. The predicted octanol–water partition coefficient (Wildman–Crippen LogP) is 2.42. The number of benzene rings is 1. The summed E-state index contributed by atoms with van der Waals surface area (Å²) < 4.78 is 31.4. The van der Waals surface area contributed by atoms with E-state index in [1.54, 1.807) is 13.8 Å². The highest BCUT2D eigenvalue weighted by atomic mass is 19.1. The van der Waals surface area contributed by atoms with E-state index in [-0.39, 0.29) is 18.3 Å². The van der Waals surface area contributed by atoms with Gasteiger partial charge >= 0.3 is 0 Å². The fourth-order valence-electron chi connectivity index (χ4n) is 1.20. The van der Waals surface area contributed by atoms with Gasteiger partial charge < -0.3 is 9.84 Å². The predicted molar refractivity (Wildman–Crippen MR) is 52.4 cm³/mol. The zero-order chi connectivity index (χ0) is 11.4. The van der Waals surface area contributed by atoms with Crippen LogP contribution in [-0.2, 0) is 4.74 Å². The number of aliphatic hydroxyl groups excluding tert-OH is 1. The molecule has 0 radical (unpaired) electrons. The van der Waals surface area contributed by atoms with Gasteiger partial charge in [0.25, 0.3) is 0 Å². The summed E-state index contributed by atoms with van der Waals surface area (Å²) in [5, 5.41) is 9.53. The van der Waals surface area contributed by atoms with Crippen molar-refractivity contribution in [3.05, 3.63) is 35.4 Å². The lowest BCUT2D eigenvalue weighted by Crippen LogP contribution is -2.14. The second-order valence-corrected chi connectivity index (χ2v) is 3.53. The summed E-state index contributed by atoms with van der Waals surface area (Å²) in [5.41, 5.74) is -0.335. The van der Waals surface area contributed by atoms with Gasteiger partial charge in [0.05, 0.1) is 18.3 Å². The van der Waals surface area contributed by atoms with Crippen molar-refractivity contribution < 1.29 is 18.6 Å². The molecule has 0 aromatic heterocycles. The highest BCUT2D eigenvalue weighted by Gasteiger charge is 2.17. The maximum absolute atomic E-state index is 13.2. The minimum absolute atomic E-state index is 0.0884. The Balaban J connectivity index is 2.77. The van der Waals surface area contributed by atoms with Gasteiger partial charge in [0.1, 0.15) is 17.7 Å². The van der Waals surface area contributed by atoms with Crippen molar-refractivity contribution in [1.29, 1.82) is 0 Å². The van der Waals surface area contributed by atoms with Crippen LogP contribution in [0.3, 0.4) is 0 Å². The number of ether oxygens (including phenoxy) is 1. The third-order valence-electron chi connectivity index (χ3n) is 1.92. The fraction of sp³-hybridized carbons (Fsp3) is 0.455. The molecular weight excluding hydrogens is 202 g/mol. The summed E-state index contributed by atoms with van der Waals surface area (Å²) in [6, 6.07) is 3.47. The van der Waals surface area contributed by atoms with Gasteiger partial charge in [0, 0.05) is 0 Å². The van der Waals surface area contributed by atoms with Gasteiger partial charge in [-0.1, -0.05) is 6.07 Å². The molecule has 2 nitrogen and oxygen atoms in total. The standard InChI is InChI=1S/C11H14F2O2/c1-7(2)15-6-10(14)11-8(12)4-3-5-9(11)13/h3-5,7,10,14H,6H2,1-2H3. The maximum Gasteiger partial charge on any atom is 0.132 e. The summed E-state index contributed by atoms with van der Waals surface area (Å²) in [5.74, 6) is -1.51. The maximum atomic E-state index is 13.2. The third-order valence-corrected chi connectivity index (χ3v) is 1.92. The molecule has 1 aromatic rings. The van der Waals surface area contributed by atoms with Crippen LogP contribution in [0.15, 0.2) is 18.2 Å². The highest BCUT2D eigenvalue weighted by Crippen LogP contribution is 2.20. The second-order valence-electron chi connectivity index (χ2n) is 3.53. The van der Waals surface area contributed by atoms with Crippen molar-refractivity contribution in [3.63, 3.8) is 0 Å². The fourth-order valence-corrected chi connectivity index (χ4v) is 1.20. The zero-order valence-corrected chi connectivity index (χ0v) is 8.71. The molecule has 0 saturated heterocycles. The third kappa shape index (κ3) is 3.25. The second kappa shape index (κ2) is 5.19. The quantitative estimate of drug-likeness (QED) is 0.837. The molecule has 4 heteroatoms. The van der Waals surface area contributed by atoms with E-state index in [9.17, 15) is 13.9 Å². The van der Waals surface area contributed by atoms with E-state index >= 15 is 0 Å². The Bertz CT molecular complexity index is 306. The van der Waals surface area contributed by atoms with E-state index < -0.39 is 17.7 Å². The molecule has 0 amide bonds. The van der Waals surface area contributed by atoms with Crippen LogP contribution in [0, 0.1) is 11.6 Å². The van der Waals surface area contributed by atoms with Crippen LogP contribution >= 0.6 is 0 Å². The van der Waals surface area contributed by atoms with E-state index in [4.69, 9.17) is 4.74 Å². The summed E-state index contributed by atoms with van der Waals surface area (Å²) in [6.07, 6.45) is -1.36. The first-order valence-electron chi connectivity index (χ1n) is 4.76. The van der Waals surface area contributed by atoms with E-state index in [0.29, 0.717) is 0 Å². The van der Waals surface area contributed by atoms with Gasteiger partial charge in [0.2, 0.25) is 0 Å². The minimum Gasteiger partial charge on any atom is -0.386 e. The Kier molecular flexibility index (Phi) is 4.17.